The quantitative estimate of drug-likeness (QED) is 0.405. The van der Waals surface area contributed by atoms with Crippen LogP contribution in [0.4, 0.5) is 4.39 Å². The molecular weight excluding hydrogens is 409 g/mol. The van der Waals surface area contributed by atoms with Crippen LogP contribution in [-0.2, 0) is 17.0 Å². The van der Waals surface area contributed by atoms with Gasteiger partial charge in [-0.05, 0) is 49.2 Å². The maximum absolute atomic E-state index is 13.4. The molecule has 1 aliphatic rings. The van der Waals surface area contributed by atoms with Crippen LogP contribution >= 0.6 is 11.8 Å². The van der Waals surface area contributed by atoms with Crippen LogP contribution in [-0.4, -0.2) is 37.7 Å². The predicted molar refractivity (Wildman–Crippen MR) is 106 cm³/mol. The largest absolute Gasteiger partial charge is 0.459 e. The molecule has 5 rings (SSSR count). The van der Waals surface area contributed by atoms with E-state index < -0.39 is 0 Å². The van der Waals surface area contributed by atoms with Gasteiger partial charge in [0.1, 0.15) is 5.82 Å². The summed E-state index contributed by atoms with van der Waals surface area (Å²) in [5.74, 6) is 2.14. The molecule has 0 amide bonds. The minimum atomic E-state index is -0.290. The minimum Gasteiger partial charge on any atom is -0.459 e. The van der Waals surface area contributed by atoms with Crippen LogP contribution in [0.25, 0.3) is 23.0 Å². The summed E-state index contributed by atoms with van der Waals surface area (Å²) >= 11 is 1.45. The Bertz CT molecular complexity index is 1100. The van der Waals surface area contributed by atoms with Crippen LogP contribution < -0.4 is 0 Å². The average Bonchev–Trinajstić information content (AvgIpc) is 3.55. The van der Waals surface area contributed by atoms with E-state index in [1.807, 2.05) is 4.57 Å². The van der Waals surface area contributed by atoms with Crippen LogP contribution in [0.3, 0.4) is 0 Å². The van der Waals surface area contributed by atoms with E-state index in [4.69, 9.17) is 13.6 Å². The van der Waals surface area contributed by atoms with E-state index in [9.17, 15) is 4.39 Å². The van der Waals surface area contributed by atoms with Crippen molar-refractivity contribution in [2.45, 2.75) is 36.4 Å². The third kappa shape index (κ3) is 4.01. The van der Waals surface area contributed by atoms with E-state index in [0.29, 0.717) is 40.8 Å². The SMILES string of the molecule is Fc1ccc(-c2nnc(SCc3nnc(-c4ccco4)o3)n2CC2CCCO2)cc1. The number of hydrogen-bond donors (Lipinski definition) is 0. The van der Waals surface area contributed by atoms with Crippen molar-refractivity contribution in [2.24, 2.45) is 0 Å². The van der Waals surface area contributed by atoms with Crippen LogP contribution in [0, 0.1) is 5.82 Å². The fraction of sp³-hybridized carbons (Fsp3) is 0.300. The van der Waals surface area contributed by atoms with Gasteiger partial charge < -0.3 is 13.6 Å². The second-order valence-corrected chi connectivity index (χ2v) is 7.77. The summed E-state index contributed by atoms with van der Waals surface area (Å²) in [5.41, 5.74) is 0.798. The first kappa shape index (κ1) is 19.0. The second-order valence-electron chi connectivity index (χ2n) is 6.83. The molecule has 1 atom stereocenters. The van der Waals surface area contributed by atoms with Gasteiger partial charge in [-0.3, -0.25) is 4.57 Å². The molecule has 3 aromatic heterocycles. The Balaban J connectivity index is 1.37. The summed E-state index contributed by atoms with van der Waals surface area (Å²) in [5, 5.41) is 17.5. The van der Waals surface area contributed by atoms with Crippen molar-refractivity contribution in [1.82, 2.24) is 25.0 Å². The molecule has 4 heterocycles. The maximum Gasteiger partial charge on any atom is 0.283 e. The lowest BCUT2D eigenvalue weighted by molar-refractivity contribution is 0.0953. The Hall–Kier alpha value is -2.98. The van der Waals surface area contributed by atoms with Gasteiger partial charge in [0.05, 0.1) is 24.7 Å². The molecule has 0 spiro atoms. The zero-order valence-electron chi connectivity index (χ0n) is 15.9. The number of furan rings is 1. The van der Waals surface area contributed by atoms with Gasteiger partial charge in [-0.15, -0.1) is 20.4 Å². The summed E-state index contributed by atoms with van der Waals surface area (Å²) < 4.78 is 32.1. The van der Waals surface area contributed by atoms with Crippen LogP contribution in [0.5, 0.6) is 0 Å². The molecule has 1 aromatic carbocycles. The number of nitrogens with zero attached hydrogens (tertiary/aromatic N) is 5. The normalized spacial score (nSPS) is 16.4. The lowest BCUT2D eigenvalue weighted by Crippen LogP contribution is -2.16. The van der Waals surface area contributed by atoms with E-state index in [2.05, 4.69) is 20.4 Å². The van der Waals surface area contributed by atoms with E-state index >= 15 is 0 Å². The van der Waals surface area contributed by atoms with E-state index in [0.717, 1.165) is 25.0 Å². The molecule has 1 aliphatic heterocycles. The monoisotopic (exact) mass is 427 g/mol. The smallest absolute Gasteiger partial charge is 0.283 e. The zero-order chi connectivity index (χ0) is 20.3. The second kappa shape index (κ2) is 8.41. The molecule has 8 nitrogen and oxygen atoms in total. The number of rotatable bonds is 7. The molecule has 1 unspecified atom stereocenters. The third-order valence-electron chi connectivity index (χ3n) is 4.75. The van der Waals surface area contributed by atoms with Gasteiger partial charge in [0.2, 0.25) is 5.89 Å². The first-order valence-electron chi connectivity index (χ1n) is 9.56. The van der Waals surface area contributed by atoms with Gasteiger partial charge in [0.15, 0.2) is 16.7 Å². The molecule has 4 aromatic rings. The molecule has 10 heteroatoms. The fourth-order valence-electron chi connectivity index (χ4n) is 3.30. The highest BCUT2D eigenvalue weighted by Gasteiger charge is 2.22. The topological polar surface area (TPSA) is 92.0 Å². The van der Waals surface area contributed by atoms with Gasteiger partial charge in [-0.1, -0.05) is 11.8 Å². The van der Waals surface area contributed by atoms with Crippen molar-refractivity contribution >= 4 is 11.8 Å². The predicted octanol–water partition coefficient (Wildman–Crippen LogP) is 4.20. The Morgan fingerprint density at radius 2 is 2.00 bits per heavy atom. The molecule has 0 saturated carbocycles. The lowest BCUT2D eigenvalue weighted by Gasteiger charge is -2.14. The molecule has 0 N–H and O–H groups in total. The number of thioether (sulfide) groups is 1. The first-order valence-corrected chi connectivity index (χ1v) is 10.5. The number of benzene rings is 1. The number of hydrogen-bond acceptors (Lipinski definition) is 8. The maximum atomic E-state index is 13.4. The summed E-state index contributed by atoms with van der Waals surface area (Å²) in [6.07, 6.45) is 3.69. The first-order chi connectivity index (χ1) is 14.8. The number of ether oxygens (including phenoxy) is 1. The Morgan fingerprint density at radius 1 is 1.10 bits per heavy atom. The minimum absolute atomic E-state index is 0.105. The lowest BCUT2D eigenvalue weighted by atomic mass is 10.2. The van der Waals surface area contributed by atoms with Crippen molar-refractivity contribution in [2.75, 3.05) is 6.61 Å². The van der Waals surface area contributed by atoms with Gasteiger partial charge in [-0.2, -0.15) is 0 Å². The molecule has 0 radical (unpaired) electrons. The van der Waals surface area contributed by atoms with Crippen molar-refractivity contribution in [3.8, 4) is 23.0 Å². The van der Waals surface area contributed by atoms with Crippen molar-refractivity contribution in [3.63, 3.8) is 0 Å². The summed E-state index contributed by atoms with van der Waals surface area (Å²) in [7, 11) is 0. The highest BCUT2D eigenvalue weighted by Crippen LogP contribution is 2.29. The molecular formula is C20H18FN5O3S. The molecule has 154 valence electrons. The average molecular weight is 427 g/mol. The van der Waals surface area contributed by atoms with Gasteiger partial charge >= 0.3 is 0 Å². The van der Waals surface area contributed by atoms with E-state index in [1.54, 1.807) is 30.5 Å². The van der Waals surface area contributed by atoms with E-state index in [-0.39, 0.29) is 11.9 Å². The third-order valence-corrected chi connectivity index (χ3v) is 5.70. The Kier molecular flexibility index (Phi) is 5.33. The number of halogens is 1. The summed E-state index contributed by atoms with van der Waals surface area (Å²) in [6, 6.07) is 9.76. The summed E-state index contributed by atoms with van der Waals surface area (Å²) in [6.45, 7) is 1.39. The Labute approximate surface area is 175 Å². The van der Waals surface area contributed by atoms with Gasteiger partial charge in [0.25, 0.3) is 5.89 Å². The van der Waals surface area contributed by atoms with Crippen molar-refractivity contribution < 1.29 is 18.0 Å². The van der Waals surface area contributed by atoms with Gasteiger partial charge in [0, 0.05) is 12.2 Å². The highest BCUT2D eigenvalue weighted by molar-refractivity contribution is 7.98. The van der Waals surface area contributed by atoms with Crippen LogP contribution in [0.1, 0.15) is 18.7 Å². The standard InChI is InChI=1S/C20H18FN5O3S/c21-14-7-5-13(6-8-14)18-23-25-20(26(18)11-15-3-1-9-27-15)30-12-17-22-24-19(29-17)16-4-2-10-28-16/h2,4-8,10,15H,1,3,9,11-12H2. The highest BCUT2D eigenvalue weighted by atomic mass is 32.2. The fourth-order valence-corrected chi connectivity index (χ4v) is 4.09. The summed E-state index contributed by atoms with van der Waals surface area (Å²) in [4.78, 5) is 0. The van der Waals surface area contributed by atoms with Crippen molar-refractivity contribution in [1.29, 1.82) is 0 Å². The molecule has 30 heavy (non-hydrogen) atoms. The molecule has 0 aliphatic carbocycles. The molecule has 1 fully saturated rings. The van der Waals surface area contributed by atoms with Crippen LogP contribution in [0.2, 0.25) is 0 Å². The van der Waals surface area contributed by atoms with Crippen LogP contribution in [0.15, 0.2) is 56.7 Å². The molecule has 1 saturated heterocycles. The Morgan fingerprint density at radius 3 is 2.77 bits per heavy atom. The zero-order valence-corrected chi connectivity index (χ0v) is 16.7. The number of aromatic nitrogens is 5. The van der Waals surface area contributed by atoms with E-state index in [1.165, 1.54) is 23.9 Å². The molecule has 0 bridgehead atoms. The van der Waals surface area contributed by atoms with Gasteiger partial charge in [-0.25, -0.2) is 4.39 Å². The van der Waals surface area contributed by atoms with Crippen molar-refractivity contribution in [3.05, 3.63) is 54.4 Å².